The normalized spacial score (nSPS) is 12.1. The standard InChI is InChI=1S/C23H19N3O6/c1-30-19-7-3-2-6-16(19)26-22-15(5-4-10-24-22)23(29)32-12-18(27)14-8-9-20-17(11-14)25-21(28)13-31-20/h2-11H,12-13H2,1H3,(H,24,26)(H,25,28). The van der Waals surface area contributed by atoms with Crippen molar-refractivity contribution in [1.82, 2.24) is 4.98 Å². The van der Waals surface area contributed by atoms with Crippen LogP contribution in [0.3, 0.4) is 0 Å². The van der Waals surface area contributed by atoms with E-state index in [9.17, 15) is 14.4 Å². The van der Waals surface area contributed by atoms with Crippen molar-refractivity contribution in [2.75, 3.05) is 31.0 Å². The number of rotatable bonds is 7. The molecule has 0 radical (unpaired) electrons. The number of fused-ring (bicyclic) bond motifs is 1. The zero-order valence-corrected chi connectivity index (χ0v) is 17.1. The zero-order valence-electron chi connectivity index (χ0n) is 17.1. The molecule has 0 bridgehead atoms. The molecule has 2 aromatic carbocycles. The van der Waals surface area contributed by atoms with E-state index in [4.69, 9.17) is 14.2 Å². The Hall–Kier alpha value is -4.40. The molecule has 162 valence electrons. The molecular formula is C23H19N3O6. The number of para-hydroxylation sites is 2. The molecule has 4 rings (SSSR count). The first-order valence-corrected chi connectivity index (χ1v) is 9.67. The number of ether oxygens (including phenoxy) is 3. The molecule has 32 heavy (non-hydrogen) atoms. The predicted octanol–water partition coefficient (Wildman–Crippen LogP) is 3.20. The lowest BCUT2D eigenvalue weighted by Gasteiger charge is -2.18. The maximum absolute atomic E-state index is 12.7. The summed E-state index contributed by atoms with van der Waals surface area (Å²) in [5.41, 5.74) is 1.46. The van der Waals surface area contributed by atoms with E-state index in [2.05, 4.69) is 15.6 Å². The number of methoxy groups -OCH3 is 1. The highest BCUT2D eigenvalue weighted by atomic mass is 16.5. The van der Waals surface area contributed by atoms with Crippen LogP contribution in [0.2, 0.25) is 0 Å². The topological polar surface area (TPSA) is 116 Å². The summed E-state index contributed by atoms with van der Waals surface area (Å²) < 4.78 is 15.8. The fourth-order valence-corrected chi connectivity index (χ4v) is 3.09. The van der Waals surface area contributed by atoms with Crippen LogP contribution in [0.1, 0.15) is 20.7 Å². The van der Waals surface area contributed by atoms with E-state index < -0.39 is 18.4 Å². The number of nitrogens with zero attached hydrogens (tertiary/aromatic N) is 1. The summed E-state index contributed by atoms with van der Waals surface area (Å²) in [6.07, 6.45) is 1.53. The third-order valence-corrected chi connectivity index (χ3v) is 4.66. The number of pyridine rings is 1. The first-order valence-electron chi connectivity index (χ1n) is 9.67. The van der Waals surface area contributed by atoms with Crippen LogP contribution in [0.15, 0.2) is 60.8 Å². The molecule has 0 spiro atoms. The van der Waals surface area contributed by atoms with E-state index in [1.165, 1.54) is 19.4 Å². The number of ketones is 1. The maximum Gasteiger partial charge on any atom is 0.342 e. The monoisotopic (exact) mass is 433 g/mol. The van der Waals surface area contributed by atoms with Gasteiger partial charge in [-0.2, -0.15) is 0 Å². The number of benzene rings is 2. The molecule has 9 heteroatoms. The Morgan fingerprint density at radius 1 is 1.16 bits per heavy atom. The summed E-state index contributed by atoms with van der Waals surface area (Å²) in [7, 11) is 1.54. The van der Waals surface area contributed by atoms with E-state index in [1.54, 1.807) is 36.4 Å². The molecule has 1 aliphatic rings. The molecular weight excluding hydrogens is 414 g/mol. The smallest absolute Gasteiger partial charge is 0.342 e. The number of carbonyl (C=O) groups is 3. The number of hydrogen-bond donors (Lipinski definition) is 2. The van der Waals surface area contributed by atoms with Crippen LogP contribution in [0.25, 0.3) is 0 Å². The largest absolute Gasteiger partial charge is 0.495 e. The lowest BCUT2D eigenvalue weighted by atomic mass is 10.1. The van der Waals surface area contributed by atoms with Gasteiger partial charge in [0.2, 0.25) is 0 Å². The SMILES string of the molecule is COc1ccccc1Nc1ncccc1C(=O)OCC(=O)c1ccc2c(c1)NC(=O)CO2. The Bertz CT molecular complexity index is 1190. The minimum atomic E-state index is -0.710. The number of Topliss-reactive ketones (excluding diaryl/α,β-unsaturated/α-hetero) is 1. The van der Waals surface area contributed by atoms with Crippen LogP contribution in [0, 0.1) is 0 Å². The van der Waals surface area contributed by atoms with Gasteiger partial charge >= 0.3 is 5.97 Å². The maximum atomic E-state index is 12.7. The van der Waals surface area contributed by atoms with Crippen LogP contribution in [-0.4, -0.2) is 43.0 Å². The molecule has 0 saturated heterocycles. The molecule has 3 aromatic rings. The van der Waals surface area contributed by atoms with Crippen molar-refractivity contribution in [2.45, 2.75) is 0 Å². The van der Waals surface area contributed by atoms with Gasteiger partial charge < -0.3 is 24.8 Å². The van der Waals surface area contributed by atoms with E-state index in [0.717, 1.165) is 0 Å². The van der Waals surface area contributed by atoms with E-state index in [0.29, 0.717) is 22.9 Å². The fourth-order valence-electron chi connectivity index (χ4n) is 3.09. The van der Waals surface area contributed by atoms with Gasteiger partial charge in [-0.15, -0.1) is 0 Å². The number of amides is 1. The summed E-state index contributed by atoms with van der Waals surface area (Å²) in [6.45, 7) is -0.552. The highest BCUT2D eigenvalue weighted by molar-refractivity contribution is 6.03. The number of aromatic nitrogens is 1. The van der Waals surface area contributed by atoms with Crippen molar-refractivity contribution in [3.05, 3.63) is 71.9 Å². The molecule has 2 heterocycles. The lowest BCUT2D eigenvalue weighted by Crippen LogP contribution is -2.25. The number of esters is 1. The van der Waals surface area contributed by atoms with Crippen molar-refractivity contribution < 1.29 is 28.6 Å². The van der Waals surface area contributed by atoms with Crippen LogP contribution in [0.5, 0.6) is 11.5 Å². The Kier molecular flexibility index (Phi) is 5.98. The molecule has 1 aliphatic heterocycles. The van der Waals surface area contributed by atoms with Gasteiger partial charge in [0.1, 0.15) is 22.9 Å². The molecule has 1 amide bonds. The second-order valence-corrected chi connectivity index (χ2v) is 6.77. The van der Waals surface area contributed by atoms with Crippen LogP contribution >= 0.6 is 0 Å². The highest BCUT2D eigenvalue weighted by Crippen LogP contribution is 2.29. The summed E-state index contributed by atoms with van der Waals surface area (Å²) >= 11 is 0. The van der Waals surface area contributed by atoms with Gasteiger partial charge in [0.05, 0.1) is 18.5 Å². The first-order chi connectivity index (χ1) is 15.5. The number of carbonyl (C=O) groups excluding carboxylic acids is 3. The van der Waals surface area contributed by atoms with E-state index in [-0.39, 0.29) is 29.5 Å². The van der Waals surface area contributed by atoms with Crippen LogP contribution in [-0.2, 0) is 9.53 Å². The zero-order chi connectivity index (χ0) is 22.5. The predicted molar refractivity (Wildman–Crippen MR) is 116 cm³/mol. The van der Waals surface area contributed by atoms with E-state index >= 15 is 0 Å². The molecule has 0 unspecified atom stereocenters. The van der Waals surface area contributed by atoms with Gasteiger partial charge in [-0.05, 0) is 42.5 Å². The van der Waals surface area contributed by atoms with Crippen molar-refractivity contribution in [1.29, 1.82) is 0 Å². The van der Waals surface area contributed by atoms with Gasteiger partial charge in [0.15, 0.2) is 19.0 Å². The molecule has 0 atom stereocenters. The van der Waals surface area contributed by atoms with Crippen molar-refractivity contribution in [3.8, 4) is 11.5 Å². The van der Waals surface area contributed by atoms with Gasteiger partial charge in [-0.25, -0.2) is 9.78 Å². The van der Waals surface area contributed by atoms with Crippen molar-refractivity contribution in [2.24, 2.45) is 0 Å². The van der Waals surface area contributed by atoms with Gasteiger partial charge in [0, 0.05) is 11.8 Å². The Morgan fingerprint density at radius 3 is 2.84 bits per heavy atom. The summed E-state index contributed by atoms with van der Waals surface area (Å²) in [4.78, 5) is 40.9. The number of hydrogen-bond acceptors (Lipinski definition) is 8. The number of anilines is 3. The summed E-state index contributed by atoms with van der Waals surface area (Å²) in [6, 6.07) is 14.9. The van der Waals surface area contributed by atoms with Gasteiger partial charge in [0.25, 0.3) is 5.91 Å². The van der Waals surface area contributed by atoms with E-state index in [1.807, 2.05) is 12.1 Å². The molecule has 0 aliphatic carbocycles. The third-order valence-electron chi connectivity index (χ3n) is 4.66. The fraction of sp³-hybridized carbons (Fsp3) is 0.130. The summed E-state index contributed by atoms with van der Waals surface area (Å²) in [5, 5.41) is 5.69. The molecule has 2 N–H and O–H groups in total. The van der Waals surface area contributed by atoms with Gasteiger partial charge in [-0.3, -0.25) is 9.59 Å². The average Bonchev–Trinajstić information content (AvgIpc) is 2.82. The first kappa shape index (κ1) is 20.9. The molecule has 0 saturated carbocycles. The molecule has 1 aromatic heterocycles. The lowest BCUT2D eigenvalue weighted by molar-refractivity contribution is -0.118. The minimum absolute atomic E-state index is 0.0752. The molecule has 9 nitrogen and oxygen atoms in total. The van der Waals surface area contributed by atoms with Crippen molar-refractivity contribution >= 4 is 34.9 Å². The Morgan fingerprint density at radius 2 is 2.00 bits per heavy atom. The van der Waals surface area contributed by atoms with Crippen LogP contribution in [0.4, 0.5) is 17.2 Å². The second-order valence-electron chi connectivity index (χ2n) is 6.77. The Labute approximate surface area is 183 Å². The quantitative estimate of drug-likeness (QED) is 0.431. The third kappa shape index (κ3) is 4.51. The van der Waals surface area contributed by atoms with Gasteiger partial charge in [-0.1, -0.05) is 12.1 Å². The summed E-state index contributed by atoms with van der Waals surface area (Å²) in [5.74, 6) is -0.123. The van der Waals surface area contributed by atoms with Crippen molar-refractivity contribution in [3.63, 3.8) is 0 Å². The highest BCUT2D eigenvalue weighted by Gasteiger charge is 2.20. The van der Waals surface area contributed by atoms with Crippen LogP contribution < -0.4 is 20.1 Å². The average molecular weight is 433 g/mol. The Balaban J connectivity index is 1.45. The minimum Gasteiger partial charge on any atom is -0.495 e. The molecule has 0 fully saturated rings. The number of nitrogens with one attached hydrogen (secondary N) is 2. The second kappa shape index (κ2) is 9.17.